The molecule has 0 radical (unpaired) electrons. The lowest BCUT2D eigenvalue weighted by atomic mass is 10.1. The van der Waals surface area contributed by atoms with Gasteiger partial charge in [-0.15, -0.1) is 11.3 Å². The minimum Gasteiger partial charge on any atom is -0.494 e. The second-order valence-electron chi connectivity index (χ2n) is 4.79. The van der Waals surface area contributed by atoms with Crippen LogP contribution >= 0.6 is 11.3 Å². The summed E-state index contributed by atoms with van der Waals surface area (Å²) in [5.74, 6) is 0.955. The van der Waals surface area contributed by atoms with Crippen LogP contribution < -0.4 is 10.1 Å². The fourth-order valence-electron chi connectivity index (χ4n) is 2.12. The van der Waals surface area contributed by atoms with E-state index in [0.29, 0.717) is 6.04 Å². The molecular weight excluding hydrogens is 254 g/mol. The Morgan fingerprint density at radius 3 is 2.74 bits per heavy atom. The average Bonchev–Trinajstić information content (AvgIpc) is 2.81. The topological polar surface area (TPSA) is 21.3 Å². The van der Waals surface area contributed by atoms with Crippen LogP contribution in [0.3, 0.4) is 0 Å². The third-order valence-corrected chi connectivity index (χ3v) is 4.05. The zero-order chi connectivity index (χ0) is 13.7. The van der Waals surface area contributed by atoms with E-state index in [9.17, 15) is 0 Å². The van der Waals surface area contributed by atoms with Gasteiger partial charge in [-0.05, 0) is 55.6 Å². The summed E-state index contributed by atoms with van der Waals surface area (Å²) >= 11 is 1.80. The number of nitrogens with one attached hydrogen (secondary N) is 1. The normalized spacial score (nSPS) is 12.4. The SMILES string of the molecule is CNC(CCOc1cccc(C)c1)c1csc(C)c1. The van der Waals surface area contributed by atoms with Gasteiger partial charge in [-0.2, -0.15) is 0 Å². The Hall–Kier alpha value is -1.32. The second kappa shape index (κ2) is 6.73. The van der Waals surface area contributed by atoms with Crippen molar-refractivity contribution in [3.8, 4) is 5.75 Å². The zero-order valence-corrected chi connectivity index (χ0v) is 12.6. The summed E-state index contributed by atoms with van der Waals surface area (Å²) in [5.41, 5.74) is 2.59. The van der Waals surface area contributed by atoms with Gasteiger partial charge < -0.3 is 10.1 Å². The number of thiophene rings is 1. The van der Waals surface area contributed by atoms with E-state index in [2.05, 4.69) is 42.7 Å². The Balaban J connectivity index is 1.87. The van der Waals surface area contributed by atoms with Gasteiger partial charge in [0.05, 0.1) is 6.61 Å². The fraction of sp³-hybridized carbons (Fsp3) is 0.375. The van der Waals surface area contributed by atoms with Crippen LogP contribution in [-0.4, -0.2) is 13.7 Å². The first-order valence-corrected chi connectivity index (χ1v) is 7.49. The molecule has 1 atom stereocenters. The van der Waals surface area contributed by atoms with E-state index in [-0.39, 0.29) is 0 Å². The minimum atomic E-state index is 0.370. The van der Waals surface area contributed by atoms with Crippen molar-refractivity contribution in [2.24, 2.45) is 0 Å². The molecular formula is C16H21NOS. The molecule has 2 nitrogen and oxygen atoms in total. The van der Waals surface area contributed by atoms with Crippen molar-refractivity contribution in [3.63, 3.8) is 0 Å². The molecule has 19 heavy (non-hydrogen) atoms. The molecule has 0 bridgehead atoms. The smallest absolute Gasteiger partial charge is 0.119 e. The lowest BCUT2D eigenvalue weighted by molar-refractivity contribution is 0.290. The predicted molar refractivity (Wildman–Crippen MR) is 82.1 cm³/mol. The molecule has 1 unspecified atom stereocenters. The van der Waals surface area contributed by atoms with Crippen molar-refractivity contribution in [3.05, 3.63) is 51.7 Å². The number of aryl methyl sites for hydroxylation is 2. The number of hydrogen-bond donors (Lipinski definition) is 1. The lowest BCUT2D eigenvalue weighted by Gasteiger charge is -2.15. The highest BCUT2D eigenvalue weighted by Gasteiger charge is 2.10. The summed E-state index contributed by atoms with van der Waals surface area (Å²) in [4.78, 5) is 1.36. The molecule has 0 spiro atoms. The van der Waals surface area contributed by atoms with Gasteiger partial charge in [0.1, 0.15) is 5.75 Å². The van der Waals surface area contributed by atoms with Gasteiger partial charge in [0, 0.05) is 17.3 Å². The molecule has 2 rings (SSSR count). The highest BCUT2D eigenvalue weighted by Crippen LogP contribution is 2.23. The number of ether oxygens (including phenoxy) is 1. The van der Waals surface area contributed by atoms with E-state index in [4.69, 9.17) is 4.74 Å². The Bertz CT molecular complexity index is 521. The highest BCUT2D eigenvalue weighted by atomic mass is 32.1. The van der Waals surface area contributed by atoms with Gasteiger partial charge in [0.15, 0.2) is 0 Å². The van der Waals surface area contributed by atoms with E-state index in [0.717, 1.165) is 18.8 Å². The monoisotopic (exact) mass is 275 g/mol. The summed E-state index contributed by atoms with van der Waals surface area (Å²) in [7, 11) is 2.00. The maximum absolute atomic E-state index is 5.81. The maximum atomic E-state index is 5.81. The van der Waals surface area contributed by atoms with Gasteiger partial charge in [-0.3, -0.25) is 0 Å². The van der Waals surface area contributed by atoms with Crippen molar-refractivity contribution in [1.29, 1.82) is 0 Å². The van der Waals surface area contributed by atoms with Crippen LogP contribution in [0.5, 0.6) is 5.75 Å². The predicted octanol–water partition coefficient (Wildman–Crippen LogP) is 4.09. The van der Waals surface area contributed by atoms with Gasteiger partial charge in [0.25, 0.3) is 0 Å². The van der Waals surface area contributed by atoms with Crippen molar-refractivity contribution < 1.29 is 4.74 Å². The van der Waals surface area contributed by atoms with Crippen LogP contribution in [0, 0.1) is 13.8 Å². The highest BCUT2D eigenvalue weighted by molar-refractivity contribution is 7.10. The minimum absolute atomic E-state index is 0.370. The van der Waals surface area contributed by atoms with Gasteiger partial charge >= 0.3 is 0 Å². The van der Waals surface area contributed by atoms with Crippen molar-refractivity contribution in [2.75, 3.05) is 13.7 Å². The van der Waals surface area contributed by atoms with Crippen LogP contribution in [0.1, 0.15) is 28.5 Å². The third-order valence-electron chi connectivity index (χ3n) is 3.17. The fourth-order valence-corrected chi connectivity index (χ4v) is 2.88. The zero-order valence-electron chi connectivity index (χ0n) is 11.8. The third kappa shape index (κ3) is 4.08. The van der Waals surface area contributed by atoms with E-state index >= 15 is 0 Å². The Kier molecular flexibility index (Phi) is 5.00. The van der Waals surface area contributed by atoms with Crippen molar-refractivity contribution in [1.82, 2.24) is 5.32 Å². The molecule has 0 aliphatic heterocycles. The van der Waals surface area contributed by atoms with Crippen LogP contribution in [0.15, 0.2) is 35.7 Å². The molecule has 1 N–H and O–H groups in total. The van der Waals surface area contributed by atoms with Crippen molar-refractivity contribution >= 4 is 11.3 Å². The molecule has 2 aromatic rings. The quantitative estimate of drug-likeness (QED) is 0.857. The lowest BCUT2D eigenvalue weighted by Crippen LogP contribution is -2.18. The van der Waals surface area contributed by atoms with E-state index in [1.165, 1.54) is 16.0 Å². The summed E-state index contributed by atoms with van der Waals surface area (Å²) in [6.07, 6.45) is 0.973. The molecule has 1 heterocycles. The van der Waals surface area contributed by atoms with Crippen molar-refractivity contribution in [2.45, 2.75) is 26.3 Å². The molecule has 0 fully saturated rings. The standard InChI is InChI=1S/C16H21NOS/c1-12-5-4-6-15(9-12)18-8-7-16(17-3)14-10-13(2)19-11-14/h4-6,9-11,16-17H,7-8H2,1-3H3. The number of hydrogen-bond acceptors (Lipinski definition) is 3. The summed E-state index contributed by atoms with van der Waals surface area (Å²) in [5, 5.41) is 5.58. The van der Waals surface area contributed by atoms with E-state index < -0.39 is 0 Å². The molecule has 0 aliphatic rings. The average molecular weight is 275 g/mol. The van der Waals surface area contributed by atoms with Gasteiger partial charge in [-0.1, -0.05) is 12.1 Å². The molecule has 0 saturated carbocycles. The first kappa shape index (κ1) is 14.1. The summed E-state index contributed by atoms with van der Waals surface area (Å²) < 4.78 is 5.81. The first-order chi connectivity index (χ1) is 9.19. The second-order valence-corrected chi connectivity index (χ2v) is 5.90. The summed E-state index contributed by atoms with van der Waals surface area (Å²) in [6.45, 7) is 4.95. The molecule has 0 aliphatic carbocycles. The molecule has 102 valence electrons. The molecule has 1 aromatic heterocycles. The van der Waals surface area contributed by atoms with Crippen LogP contribution in [0.4, 0.5) is 0 Å². The Morgan fingerprint density at radius 1 is 1.26 bits per heavy atom. The molecule has 3 heteroatoms. The van der Waals surface area contributed by atoms with Gasteiger partial charge in [0.2, 0.25) is 0 Å². The van der Waals surface area contributed by atoms with Gasteiger partial charge in [-0.25, -0.2) is 0 Å². The number of rotatable bonds is 6. The molecule has 0 amide bonds. The Morgan fingerprint density at radius 2 is 2.11 bits per heavy atom. The van der Waals surface area contributed by atoms with Crippen LogP contribution in [-0.2, 0) is 0 Å². The first-order valence-electron chi connectivity index (χ1n) is 6.61. The van der Waals surface area contributed by atoms with Crippen LogP contribution in [0.25, 0.3) is 0 Å². The summed E-state index contributed by atoms with van der Waals surface area (Å²) in [6, 6.07) is 10.8. The van der Waals surface area contributed by atoms with E-state index in [1.54, 1.807) is 11.3 Å². The maximum Gasteiger partial charge on any atom is 0.119 e. The largest absolute Gasteiger partial charge is 0.494 e. The van der Waals surface area contributed by atoms with Crippen LogP contribution in [0.2, 0.25) is 0 Å². The molecule has 1 aromatic carbocycles. The number of benzene rings is 1. The molecule has 0 saturated heterocycles. The Labute approximate surface area is 119 Å². The van der Waals surface area contributed by atoms with E-state index in [1.807, 2.05) is 19.2 Å².